The van der Waals surface area contributed by atoms with Gasteiger partial charge in [-0.05, 0) is 42.7 Å². The van der Waals surface area contributed by atoms with E-state index in [0.29, 0.717) is 24.5 Å². The summed E-state index contributed by atoms with van der Waals surface area (Å²) in [5.74, 6) is 0. The van der Waals surface area contributed by atoms with E-state index in [1.807, 2.05) is 53.2 Å². The molecule has 1 saturated heterocycles. The summed E-state index contributed by atoms with van der Waals surface area (Å²) in [5.41, 5.74) is 2.12. The molecule has 4 rings (SSSR count). The molecule has 0 aliphatic carbocycles. The predicted octanol–water partition coefficient (Wildman–Crippen LogP) is 3.03. The molecule has 2 heterocycles. The Bertz CT molecular complexity index is 838. The molecule has 0 saturated carbocycles. The zero-order valence-corrected chi connectivity index (χ0v) is 14.0. The monoisotopic (exact) mass is 342 g/mol. The molecule has 1 aromatic heterocycles. The van der Waals surface area contributed by atoms with Crippen LogP contribution in [0.4, 0.5) is 0 Å². The van der Waals surface area contributed by atoms with Crippen molar-refractivity contribution in [2.75, 3.05) is 13.1 Å². The lowest BCUT2D eigenvalue weighted by atomic mass is 9.84. The van der Waals surface area contributed by atoms with Gasteiger partial charge in [0, 0.05) is 18.1 Å². The minimum Gasteiger partial charge on any atom is -0.385 e. The third kappa shape index (κ3) is 2.90. The van der Waals surface area contributed by atoms with E-state index in [0.717, 1.165) is 29.7 Å². The first-order valence-electron chi connectivity index (χ1n) is 8.13. The molecule has 1 fully saturated rings. The second-order valence-electron chi connectivity index (χ2n) is 6.38. The number of hydrogen-bond donors (Lipinski definition) is 1. The smallest absolute Gasteiger partial charge is 0.113 e. The molecular weight excluding hydrogens is 324 g/mol. The van der Waals surface area contributed by atoms with Gasteiger partial charge >= 0.3 is 0 Å². The van der Waals surface area contributed by atoms with Gasteiger partial charge in [-0.15, -0.1) is 5.10 Å². The minimum absolute atomic E-state index is 0.692. The van der Waals surface area contributed by atoms with Crippen molar-refractivity contribution in [2.45, 2.75) is 25.1 Å². The van der Waals surface area contributed by atoms with Crippen LogP contribution in [0, 0.1) is 0 Å². The fraction of sp³-hybridized carbons (Fsp3) is 0.333. The normalized spacial score (nSPS) is 18.1. The van der Waals surface area contributed by atoms with E-state index < -0.39 is 5.60 Å². The summed E-state index contributed by atoms with van der Waals surface area (Å²) in [7, 11) is 0. The van der Waals surface area contributed by atoms with Gasteiger partial charge in [-0.2, -0.15) is 0 Å². The highest BCUT2D eigenvalue weighted by Gasteiger charge is 2.34. The zero-order chi connectivity index (χ0) is 16.6. The van der Waals surface area contributed by atoms with Crippen molar-refractivity contribution in [3.8, 4) is 0 Å². The van der Waals surface area contributed by atoms with Crippen molar-refractivity contribution in [3.63, 3.8) is 0 Å². The summed E-state index contributed by atoms with van der Waals surface area (Å²) in [6.45, 7) is 2.32. The van der Waals surface area contributed by atoms with Crippen LogP contribution in [0.2, 0.25) is 5.02 Å². The van der Waals surface area contributed by atoms with Crippen molar-refractivity contribution in [2.24, 2.45) is 0 Å². The van der Waals surface area contributed by atoms with Crippen molar-refractivity contribution in [1.82, 2.24) is 19.9 Å². The van der Waals surface area contributed by atoms with E-state index in [4.69, 9.17) is 11.6 Å². The highest BCUT2D eigenvalue weighted by atomic mass is 35.5. The van der Waals surface area contributed by atoms with E-state index in [1.54, 1.807) is 0 Å². The molecule has 3 aromatic rings. The Hall–Kier alpha value is -1.95. The number of nitrogens with zero attached hydrogens (tertiary/aromatic N) is 4. The molecule has 24 heavy (non-hydrogen) atoms. The highest BCUT2D eigenvalue weighted by molar-refractivity contribution is 6.30. The largest absolute Gasteiger partial charge is 0.385 e. The van der Waals surface area contributed by atoms with Crippen LogP contribution in [0.1, 0.15) is 18.4 Å². The van der Waals surface area contributed by atoms with Crippen molar-refractivity contribution in [1.29, 1.82) is 0 Å². The fourth-order valence-electron chi connectivity index (χ4n) is 3.32. The topological polar surface area (TPSA) is 54.2 Å². The number of fused-ring (bicyclic) bond motifs is 1. The average Bonchev–Trinajstić information content (AvgIpc) is 3.01. The van der Waals surface area contributed by atoms with Crippen LogP contribution in [0.15, 0.2) is 48.5 Å². The van der Waals surface area contributed by atoms with Crippen LogP contribution in [0.5, 0.6) is 0 Å². The molecule has 6 heteroatoms. The number of rotatable bonds is 3. The van der Waals surface area contributed by atoms with Crippen molar-refractivity contribution < 1.29 is 5.11 Å². The number of aliphatic hydroxyl groups is 1. The average molecular weight is 343 g/mol. The van der Waals surface area contributed by atoms with Gasteiger partial charge in [0.15, 0.2) is 0 Å². The maximum absolute atomic E-state index is 10.9. The molecule has 0 bridgehead atoms. The molecular formula is C18H19ClN4O. The summed E-state index contributed by atoms with van der Waals surface area (Å²) < 4.78 is 1.92. The fourth-order valence-corrected chi connectivity index (χ4v) is 3.45. The Balaban J connectivity index is 1.45. The predicted molar refractivity (Wildman–Crippen MR) is 93.7 cm³/mol. The quantitative estimate of drug-likeness (QED) is 0.795. The number of hydrogen-bond acceptors (Lipinski definition) is 4. The second-order valence-corrected chi connectivity index (χ2v) is 6.81. The van der Waals surface area contributed by atoms with Crippen LogP contribution in [0.3, 0.4) is 0 Å². The van der Waals surface area contributed by atoms with Crippen LogP contribution >= 0.6 is 11.6 Å². The third-order valence-electron chi connectivity index (χ3n) is 4.82. The summed E-state index contributed by atoms with van der Waals surface area (Å²) in [6, 6.07) is 15.5. The van der Waals surface area contributed by atoms with Crippen molar-refractivity contribution >= 4 is 22.6 Å². The van der Waals surface area contributed by atoms with Crippen LogP contribution in [-0.4, -0.2) is 38.1 Å². The van der Waals surface area contributed by atoms with E-state index in [-0.39, 0.29) is 0 Å². The molecule has 5 nitrogen and oxygen atoms in total. The maximum atomic E-state index is 10.9. The first-order valence-corrected chi connectivity index (χ1v) is 8.51. The highest BCUT2D eigenvalue weighted by Crippen LogP contribution is 2.33. The lowest BCUT2D eigenvalue weighted by Crippen LogP contribution is -2.43. The first-order chi connectivity index (χ1) is 11.6. The van der Waals surface area contributed by atoms with E-state index in [2.05, 4.69) is 15.2 Å². The molecule has 1 aliphatic heterocycles. The number of piperidine rings is 1. The summed E-state index contributed by atoms with van der Waals surface area (Å²) in [4.78, 5) is 2.30. The molecule has 2 aromatic carbocycles. The van der Waals surface area contributed by atoms with Gasteiger partial charge in [0.1, 0.15) is 5.52 Å². The van der Waals surface area contributed by atoms with Gasteiger partial charge in [-0.3, -0.25) is 4.90 Å². The van der Waals surface area contributed by atoms with Gasteiger partial charge in [-0.1, -0.05) is 41.1 Å². The van der Waals surface area contributed by atoms with Crippen LogP contribution in [-0.2, 0) is 12.3 Å². The lowest BCUT2D eigenvalue weighted by molar-refractivity contribution is -0.0332. The summed E-state index contributed by atoms with van der Waals surface area (Å²) in [6.07, 6.45) is 1.39. The second kappa shape index (κ2) is 6.16. The molecule has 0 spiro atoms. The lowest BCUT2D eigenvalue weighted by Gasteiger charge is -2.38. The van der Waals surface area contributed by atoms with Gasteiger partial charge in [0.2, 0.25) is 0 Å². The number of benzene rings is 2. The Morgan fingerprint density at radius 3 is 2.50 bits per heavy atom. The Morgan fingerprint density at radius 2 is 1.75 bits per heavy atom. The Kier molecular flexibility index (Phi) is 4.00. The zero-order valence-electron chi connectivity index (χ0n) is 13.3. The molecule has 0 radical (unpaired) electrons. The number of halogens is 1. The third-order valence-corrected chi connectivity index (χ3v) is 5.07. The van der Waals surface area contributed by atoms with Gasteiger partial charge in [-0.25, -0.2) is 4.68 Å². The maximum Gasteiger partial charge on any atom is 0.113 e. The Morgan fingerprint density at radius 1 is 1.04 bits per heavy atom. The standard InChI is InChI=1S/C18H19ClN4O/c19-15-7-5-14(6-8-15)18(24)9-11-22(12-10-18)13-23-17-4-2-1-3-16(17)20-21-23/h1-8,24H,9-13H2. The number of aromatic nitrogens is 3. The van der Waals surface area contributed by atoms with E-state index in [9.17, 15) is 5.11 Å². The van der Waals surface area contributed by atoms with Crippen molar-refractivity contribution in [3.05, 3.63) is 59.1 Å². The molecule has 0 amide bonds. The SMILES string of the molecule is OC1(c2ccc(Cl)cc2)CCN(Cn2nnc3ccccc32)CC1. The minimum atomic E-state index is -0.772. The van der Waals surface area contributed by atoms with E-state index in [1.165, 1.54) is 0 Å². The van der Waals surface area contributed by atoms with Crippen LogP contribution in [0.25, 0.3) is 11.0 Å². The summed E-state index contributed by atoms with van der Waals surface area (Å²) >= 11 is 5.94. The molecule has 0 unspecified atom stereocenters. The molecule has 1 aliphatic rings. The van der Waals surface area contributed by atoms with Gasteiger partial charge in [0.25, 0.3) is 0 Å². The number of para-hydroxylation sites is 1. The first kappa shape index (κ1) is 15.6. The van der Waals surface area contributed by atoms with Crippen LogP contribution < -0.4 is 0 Å². The molecule has 1 N–H and O–H groups in total. The molecule has 0 atom stereocenters. The Labute approximate surface area is 145 Å². The van der Waals surface area contributed by atoms with Gasteiger partial charge in [0.05, 0.1) is 17.8 Å². The molecule has 124 valence electrons. The van der Waals surface area contributed by atoms with Gasteiger partial charge < -0.3 is 5.11 Å². The summed E-state index contributed by atoms with van der Waals surface area (Å²) in [5, 5.41) is 20.1. The number of likely N-dealkylation sites (tertiary alicyclic amines) is 1. The van der Waals surface area contributed by atoms with E-state index >= 15 is 0 Å².